The molecule has 0 atom stereocenters. The summed E-state index contributed by atoms with van der Waals surface area (Å²) in [6.07, 6.45) is 3.43. The van der Waals surface area contributed by atoms with Crippen molar-refractivity contribution in [2.24, 2.45) is 7.05 Å². The number of ether oxygens (including phenoxy) is 1. The van der Waals surface area contributed by atoms with E-state index in [9.17, 15) is 0 Å². The lowest BCUT2D eigenvalue weighted by Crippen LogP contribution is -2.22. The molecule has 0 aliphatic heterocycles. The Kier molecular flexibility index (Phi) is 5.58. The molecule has 0 bridgehead atoms. The van der Waals surface area contributed by atoms with Crippen molar-refractivity contribution < 1.29 is 4.74 Å². The number of para-hydroxylation sites is 1. The number of hydrogen-bond donors (Lipinski definition) is 2. The van der Waals surface area contributed by atoms with Crippen LogP contribution in [0.4, 0.5) is 5.95 Å². The molecule has 0 aliphatic rings. The van der Waals surface area contributed by atoms with Crippen LogP contribution in [-0.4, -0.2) is 32.8 Å². The standard InChI is InChI=1S/C18H22N6O/c1-14-16(13-19-11-12-22-18-20-9-6-10-21-18)17(24(2)23-14)25-15-7-4-3-5-8-15/h3-10,19H,11-13H2,1-2H3,(H,20,21,22). The summed E-state index contributed by atoms with van der Waals surface area (Å²) in [4.78, 5) is 8.26. The van der Waals surface area contributed by atoms with Crippen molar-refractivity contribution in [3.8, 4) is 11.6 Å². The van der Waals surface area contributed by atoms with Crippen LogP contribution in [0.2, 0.25) is 0 Å². The van der Waals surface area contributed by atoms with Gasteiger partial charge in [0.15, 0.2) is 0 Å². The number of rotatable bonds is 8. The molecule has 0 amide bonds. The van der Waals surface area contributed by atoms with Crippen molar-refractivity contribution in [2.75, 3.05) is 18.4 Å². The molecule has 0 saturated heterocycles. The van der Waals surface area contributed by atoms with Gasteiger partial charge >= 0.3 is 0 Å². The van der Waals surface area contributed by atoms with Gasteiger partial charge in [-0.15, -0.1) is 0 Å². The van der Waals surface area contributed by atoms with Gasteiger partial charge in [-0.25, -0.2) is 14.6 Å². The van der Waals surface area contributed by atoms with E-state index >= 15 is 0 Å². The highest BCUT2D eigenvalue weighted by Crippen LogP contribution is 2.26. The molecule has 7 heteroatoms. The first kappa shape index (κ1) is 16.9. The van der Waals surface area contributed by atoms with Crippen LogP contribution in [0.3, 0.4) is 0 Å². The highest BCUT2D eigenvalue weighted by Gasteiger charge is 2.15. The fourth-order valence-electron chi connectivity index (χ4n) is 2.48. The number of aromatic nitrogens is 4. The molecule has 2 N–H and O–H groups in total. The maximum Gasteiger partial charge on any atom is 0.222 e. The number of aryl methyl sites for hydroxylation is 2. The second-order valence-corrected chi connectivity index (χ2v) is 5.58. The Bertz CT molecular complexity index is 788. The Morgan fingerprint density at radius 1 is 1.04 bits per heavy atom. The van der Waals surface area contributed by atoms with Gasteiger partial charge in [0, 0.05) is 39.1 Å². The van der Waals surface area contributed by atoms with Crippen LogP contribution in [0.15, 0.2) is 48.8 Å². The number of benzene rings is 1. The second kappa shape index (κ2) is 8.25. The van der Waals surface area contributed by atoms with E-state index in [-0.39, 0.29) is 0 Å². The van der Waals surface area contributed by atoms with Gasteiger partial charge in [-0.2, -0.15) is 5.10 Å². The maximum absolute atomic E-state index is 6.01. The Hall–Kier alpha value is -2.93. The molecular formula is C18H22N6O. The Balaban J connectivity index is 1.55. The smallest absolute Gasteiger partial charge is 0.222 e. The summed E-state index contributed by atoms with van der Waals surface area (Å²) in [5.74, 6) is 2.19. The molecule has 0 aliphatic carbocycles. The molecule has 0 spiro atoms. The predicted molar refractivity (Wildman–Crippen MR) is 96.7 cm³/mol. The van der Waals surface area contributed by atoms with E-state index in [2.05, 4.69) is 25.7 Å². The third-order valence-electron chi connectivity index (χ3n) is 3.70. The van der Waals surface area contributed by atoms with Crippen LogP contribution in [-0.2, 0) is 13.6 Å². The van der Waals surface area contributed by atoms with Crippen LogP contribution >= 0.6 is 0 Å². The molecule has 0 fully saturated rings. The van der Waals surface area contributed by atoms with Gasteiger partial charge in [0.25, 0.3) is 0 Å². The number of hydrogen-bond acceptors (Lipinski definition) is 6. The van der Waals surface area contributed by atoms with Crippen LogP contribution in [0.25, 0.3) is 0 Å². The lowest BCUT2D eigenvalue weighted by molar-refractivity contribution is 0.424. The quantitative estimate of drug-likeness (QED) is 0.615. The Morgan fingerprint density at radius 2 is 1.80 bits per heavy atom. The van der Waals surface area contributed by atoms with Gasteiger partial charge in [-0.1, -0.05) is 18.2 Å². The SMILES string of the molecule is Cc1nn(C)c(Oc2ccccc2)c1CNCCNc1ncccn1. The maximum atomic E-state index is 6.01. The first-order valence-electron chi connectivity index (χ1n) is 8.21. The van der Waals surface area contributed by atoms with E-state index in [1.165, 1.54) is 0 Å². The molecule has 0 saturated carbocycles. The monoisotopic (exact) mass is 338 g/mol. The summed E-state index contributed by atoms with van der Waals surface area (Å²) in [6.45, 7) is 4.18. The highest BCUT2D eigenvalue weighted by atomic mass is 16.5. The third-order valence-corrected chi connectivity index (χ3v) is 3.70. The van der Waals surface area contributed by atoms with Crippen LogP contribution in [0.5, 0.6) is 11.6 Å². The van der Waals surface area contributed by atoms with Crippen molar-refractivity contribution in [1.29, 1.82) is 0 Å². The first-order chi connectivity index (χ1) is 12.2. The van der Waals surface area contributed by atoms with E-state index < -0.39 is 0 Å². The number of nitrogens with zero attached hydrogens (tertiary/aromatic N) is 4. The number of anilines is 1. The van der Waals surface area contributed by atoms with Crippen molar-refractivity contribution in [3.63, 3.8) is 0 Å². The molecule has 3 rings (SSSR count). The average molecular weight is 338 g/mol. The lowest BCUT2D eigenvalue weighted by atomic mass is 10.2. The van der Waals surface area contributed by atoms with Gasteiger partial charge in [0.05, 0.1) is 11.3 Å². The molecule has 0 unspecified atom stereocenters. The first-order valence-corrected chi connectivity index (χ1v) is 8.21. The zero-order valence-electron chi connectivity index (χ0n) is 14.4. The zero-order chi connectivity index (χ0) is 17.5. The number of nitrogens with one attached hydrogen (secondary N) is 2. The van der Waals surface area contributed by atoms with Crippen LogP contribution in [0.1, 0.15) is 11.3 Å². The van der Waals surface area contributed by atoms with E-state index in [0.717, 1.165) is 36.0 Å². The van der Waals surface area contributed by atoms with Gasteiger partial charge in [-0.05, 0) is 25.1 Å². The highest BCUT2D eigenvalue weighted by molar-refractivity contribution is 5.35. The molecule has 25 heavy (non-hydrogen) atoms. The minimum Gasteiger partial charge on any atom is -0.439 e. The lowest BCUT2D eigenvalue weighted by Gasteiger charge is -2.10. The predicted octanol–water partition coefficient (Wildman–Crippen LogP) is 2.51. The minimum atomic E-state index is 0.634. The Morgan fingerprint density at radius 3 is 2.56 bits per heavy atom. The van der Waals surface area contributed by atoms with E-state index in [4.69, 9.17) is 4.74 Å². The van der Waals surface area contributed by atoms with Gasteiger partial charge in [0.2, 0.25) is 11.8 Å². The molecule has 2 heterocycles. The van der Waals surface area contributed by atoms with Crippen molar-refractivity contribution in [1.82, 2.24) is 25.1 Å². The summed E-state index contributed by atoms with van der Waals surface area (Å²) in [6, 6.07) is 11.5. The van der Waals surface area contributed by atoms with Gasteiger partial charge < -0.3 is 15.4 Å². The summed E-state index contributed by atoms with van der Waals surface area (Å²) in [5.41, 5.74) is 2.02. The van der Waals surface area contributed by atoms with Gasteiger partial charge in [0.1, 0.15) is 5.75 Å². The minimum absolute atomic E-state index is 0.634. The molecule has 2 aromatic heterocycles. The van der Waals surface area contributed by atoms with Crippen LogP contribution in [0, 0.1) is 6.92 Å². The average Bonchev–Trinajstić information content (AvgIpc) is 2.90. The summed E-state index contributed by atoms with van der Waals surface area (Å²) in [7, 11) is 1.89. The molecule has 3 aromatic rings. The summed E-state index contributed by atoms with van der Waals surface area (Å²) < 4.78 is 7.79. The second-order valence-electron chi connectivity index (χ2n) is 5.58. The van der Waals surface area contributed by atoms with E-state index in [1.54, 1.807) is 23.1 Å². The fraction of sp³-hybridized carbons (Fsp3) is 0.278. The zero-order valence-corrected chi connectivity index (χ0v) is 14.4. The summed E-state index contributed by atoms with van der Waals surface area (Å²) in [5, 5.41) is 11.0. The topological polar surface area (TPSA) is 76.9 Å². The molecular weight excluding hydrogens is 316 g/mol. The fourth-order valence-corrected chi connectivity index (χ4v) is 2.48. The Labute approximate surface area is 147 Å². The molecule has 0 radical (unpaired) electrons. The third kappa shape index (κ3) is 4.54. The normalized spacial score (nSPS) is 10.6. The van der Waals surface area contributed by atoms with Crippen LogP contribution < -0.4 is 15.4 Å². The van der Waals surface area contributed by atoms with E-state index in [0.29, 0.717) is 12.5 Å². The van der Waals surface area contributed by atoms with Crippen molar-refractivity contribution in [2.45, 2.75) is 13.5 Å². The largest absolute Gasteiger partial charge is 0.439 e. The van der Waals surface area contributed by atoms with E-state index in [1.807, 2.05) is 44.3 Å². The summed E-state index contributed by atoms with van der Waals surface area (Å²) >= 11 is 0. The van der Waals surface area contributed by atoms with Gasteiger partial charge in [-0.3, -0.25) is 0 Å². The molecule has 7 nitrogen and oxygen atoms in total. The van der Waals surface area contributed by atoms with Crippen molar-refractivity contribution in [3.05, 3.63) is 60.0 Å². The van der Waals surface area contributed by atoms with Crippen molar-refractivity contribution >= 4 is 5.95 Å². The molecule has 130 valence electrons. The molecule has 1 aromatic carbocycles.